The Bertz CT molecular complexity index is 1710. The van der Waals surface area contributed by atoms with E-state index >= 15 is 0 Å². The highest BCUT2D eigenvalue weighted by Crippen LogP contribution is 2.38. The summed E-state index contributed by atoms with van der Waals surface area (Å²) in [4.78, 5) is 4.71. The summed E-state index contributed by atoms with van der Waals surface area (Å²) in [6.07, 6.45) is 9.32. The summed E-state index contributed by atoms with van der Waals surface area (Å²) in [5.41, 5.74) is 11.5. The molecule has 4 aromatic rings. The molecule has 2 aliphatic rings. The molecular weight excluding hydrogens is 517 g/mol. The summed E-state index contributed by atoms with van der Waals surface area (Å²) in [6.45, 7) is 7.02. The van der Waals surface area contributed by atoms with E-state index in [1.54, 1.807) is 29.2 Å². The lowest BCUT2D eigenvalue weighted by atomic mass is 9.95. The van der Waals surface area contributed by atoms with Gasteiger partial charge in [-0.3, -0.25) is 14.7 Å². The molecule has 0 amide bonds. The number of hydrazine groups is 2. The second-order valence-corrected chi connectivity index (χ2v) is 11.8. The first-order valence-electron chi connectivity index (χ1n) is 14.2. The van der Waals surface area contributed by atoms with Crippen LogP contribution in [0, 0.1) is 22.6 Å². The van der Waals surface area contributed by atoms with Gasteiger partial charge in [-0.1, -0.05) is 32.9 Å². The Labute approximate surface area is 240 Å². The van der Waals surface area contributed by atoms with Crippen LogP contribution in [0.3, 0.4) is 0 Å². The van der Waals surface area contributed by atoms with E-state index in [9.17, 15) is 11.0 Å². The molecule has 2 aromatic heterocycles. The number of hydrogen-bond donors (Lipinski definition) is 4. The Hall–Kier alpha value is -4.62. The molecule has 210 valence electrons. The lowest BCUT2D eigenvalue weighted by Gasteiger charge is -2.24. The molecule has 4 N–H and O–H groups in total. The Morgan fingerprint density at radius 3 is 2.66 bits per heavy atom. The number of nitrogens with zero attached hydrogens (tertiary/aromatic N) is 5. The third-order valence-corrected chi connectivity index (χ3v) is 7.10. The summed E-state index contributed by atoms with van der Waals surface area (Å²) in [5.74, 6) is -0.374. The number of benzene rings is 2. The summed E-state index contributed by atoms with van der Waals surface area (Å²) in [5, 5.41) is 24.0. The number of nitrogens with one attached hydrogen (secondary N) is 4. The van der Waals surface area contributed by atoms with E-state index in [4.69, 9.17) is 4.98 Å². The van der Waals surface area contributed by atoms with Crippen molar-refractivity contribution < 1.29 is 5.76 Å². The van der Waals surface area contributed by atoms with E-state index in [-0.39, 0.29) is 11.2 Å². The lowest BCUT2D eigenvalue weighted by molar-refractivity contribution is 0.260. The molecule has 0 bridgehead atoms. The second-order valence-electron chi connectivity index (χ2n) is 11.8. The largest absolute Gasteiger partial charge is 0.383 e. The molecule has 1 aliphatic carbocycles. The third-order valence-electron chi connectivity index (χ3n) is 7.10. The molecule has 6 rings (SSSR count). The van der Waals surface area contributed by atoms with Crippen LogP contribution in [0.4, 0.5) is 15.8 Å². The van der Waals surface area contributed by atoms with Crippen LogP contribution >= 0.6 is 0 Å². The summed E-state index contributed by atoms with van der Waals surface area (Å²) in [6, 6.07) is 11.0. The molecule has 0 spiro atoms. The number of aryl methyl sites for hydroxylation is 1. The van der Waals surface area contributed by atoms with Crippen LogP contribution in [-0.4, -0.2) is 32.4 Å². The maximum absolute atomic E-state index is 14.0. The van der Waals surface area contributed by atoms with Crippen molar-refractivity contribution in [3.63, 3.8) is 0 Å². The van der Waals surface area contributed by atoms with Crippen molar-refractivity contribution in [3.8, 4) is 17.2 Å². The number of aromatic nitrogens is 3. The first kappa shape index (κ1) is 25.4. The van der Waals surface area contributed by atoms with E-state index in [2.05, 4.69) is 53.5 Å². The maximum Gasteiger partial charge on any atom is 0.123 e. The van der Waals surface area contributed by atoms with Gasteiger partial charge in [-0.25, -0.2) is 4.39 Å². The zero-order valence-corrected chi connectivity index (χ0v) is 23.6. The number of pyridine rings is 1. The molecule has 2 aromatic carbocycles. The smallest absolute Gasteiger partial charge is 0.123 e. The highest BCUT2D eigenvalue weighted by Gasteiger charge is 2.32. The molecule has 3 heterocycles. The minimum absolute atomic E-state index is 0.0374. The summed E-state index contributed by atoms with van der Waals surface area (Å²) < 4.78 is 25.5. The molecule has 1 unspecified atom stereocenters. The van der Waals surface area contributed by atoms with Crippen LogP contribution in [0.15, 0.2) is 66.9 Å². The van der Waals surface area contributed by atoms with Gasteiger partial charge in [0.05, 0.1) is 36.1 Å². The Kier molecular flexibility index (Phi) is 6.44. The Balaban J connectivity index is 1.53. The fourth-order valence-corrected chi connectivity index (χ4v) is 4.84. The molecule has 9 nitrogen and oxygen atoms in total. The normalized spacial score (nSPS) is 16.9. The predicted molar refractivity (Wildman–Crippen MR) is 159 cm³/mol. The standard InChI is InChI=1S/C31H34FN9/c1-31(2,3)18-35-28-20(13-33)14-34-30-25(21-15-36-40(4)16-21)11-23(12-26(28)30)37-29(19-5-7-22(32)8-6-19)27-17-41(39-38-27)24-9-10-24/h5-8,11-12,14-17,24,29,37-39H,9-10,18H2,1-4H3,(H,34,35)/i29D. The fourth-order valence-electron chi connectivity index (χ4n) is 4.84. The van der Waals surface area contributed by atoms with Crippen LogP contribution in [0.1, 0.15) is 52.1 Å². The Morgan fingerprint density at radius 2 is 2.00 bits per heavy atom. The van der Waals surface area contributed by atoms with E-state index in [1.165, 1.54) is 12.1 Å². The molecular formula is C31H34FN9. The lowest BCUT2D eigenvalue weighted by Crippen LogP contribution is -2.38. The van der Waals surface area contributed by atoms with Gasteiger partial charge in [0.15, 0.2) is 0 Å². The zero-order valence-electron chi connectivity index (χ0n) is 24.6. The average molecular weight is 553 g/mol. The van der Waals surface area contributed by atoms with Crippen molar-refractivity contribution in [2.75, 3.05) is 17.2 Å². The van der Waals surface area contributed by atoms with Gasteiger partial charge in [-0.15, -0.1) is 5.53 Å². The van der Waals surface area contributed by atoms with Crippen molar-refractivity contribution >= 4 is 22.3 Å². The molecule has 1 saturated carbocycles. The molecule has 1 fully saturated rings. The molecule has 10 heteroatoms. The first-order chi connectivity index (χ1) is 20.0. The van der Waals surface area contributed by atoms with Crippen molar-refractivity contribution in [2.24, 2.45) is 12.5 Å². The molecule has 41 heavy (non-hydrogen) atoms. The first-order valence-corrected chi connectivity index (χ1v) is 13.7. The number of anilines is 2. The quantitative estimate of drug-likeness (QED) is 0.224. The van der Waals surface area contributed by atoms with E-state index < -0.39 is 6.02 Å². The number of fused-ring (bicyclic) bond motifs is 1. The van der Waals surface area contributed by atoms with Crippen molar-refractivity contribution in [1.29, 1.82) is 5.26 Å². The van der Waals surface area contributed by atoms with Gasteiger partial charge in [0.25, 0.3) is 0 Å². The number of halogens is 1. The van der Waals surface area contributed by atoms with Gasteiger partial charge in [0.2, 0.25) is 0 Å². The van der Waals surface area contributed by atoms with E-state index in [0.29, 0.717) is 46.3 Å². The number of rotatable bonds is 8. The van der Waals surface area contributed by atoms with Crippen LogP contribution in [0.2, 0.25) is 0 Å². The van der Waals surface area contributed by atoms with Gasteiger partial charge < -0.3 is 16.1 Å². The topological polar surface area (TPSA) is 106 Å². The molecule has 0 radical (unpaired) electrons. The van der Waals surface area contributed by atoms with Gasteiger partial charge in [0.1, 0.15) is 11.9 Å². The van der Waals surface area contributed by atoms with Crippen LogP contribution in [0.25, 0.3) is 22.0 Å². The van der Waals surface area contributed by atoms with Crippen LogP contribution in [-0.2, 0) is 7.05 Å². The van der Waals surface area contributed by atoms with Crippen LogP contribution < -0.4 is 21.6 Å². The third kappa shape index (κ3) is 5.67. The zero-order chi connectivity index (χ0) is 29.6. The van der Waals surface area contributed by atoms with E-state index in [0.717, 1.165) is 29.4 Å². The minimum atomic E-state index is -1.51. The summed E-state index contributed by atoms with van der Waals surface area (Å²) >= 11 is 0. The monoisotopic (exact) mass is 552 g/mol. The average Bonchev–Trinajstić information content (AvgIpc) is 3.51. The van der Waals surface area contributed by atoms with Crippen LogP contribution in [0.5, 0.6) is 0 Å². The highest BCUT2D eigenvalue weighted by atomic mass is 19.1. The maximum atomic E-state index is 14.0. The number of hydrogen-bond acceptors (Lipinski definition) is 8. The molecule has 0 saturated heterocycles. The Morgan fingerprint density at radius 1 is 1.22 bits per heavy atom. The molecule has 1 atom stereocenters. The predicted octanol–water partition coefficient (Wildman–Crippen LogP) is 5.59. The van der Waals surface area contributed by atoms with Gasteiger partial charge >= 0.3 is 0 Å². The van der Waals surface area contributed by atoms with Gasteiger partial charge in [-0.05, 0) is 48.1 Å². The van der Waals surface area contributed by atoms with E-state index in [1.807, 2.05) is 36.6 Å². The fraction of sp³-hybridized carbons (Fsp3) is 0.323. The number of nitriles is 1. The van der Waals surface area contributed by atoms with Crippen molar-refractivity contribution in [3.05, 3.63) is 83.8 Å². The summed E-state index contributed by atoms with van der Waals surface area (Å²) in [7, 11) is 1.85. The van der Waals surface area contributed by atoms with Gasteiger partial charge in [-0.2, -0.15) is 10.4 Å². The highest BCUT2D eigenvalue weighted by molar-refractivity contribution is 6.04. The SMILES string of the molecule is [2H]C(Nc1cc(-c2cnn(C)c2)c2ncc(C#N)c(NCC(C)(C)C)c2c1)(C1=CN(C2CC2)NN1)c1ccc(F)cc1. The van der Waals surface area contributed by atoms with Gasteiger partial charge in [0, 0.05) is 60.4 Å². The van der Waals surface area contributed by atoms with Crippen molar-refractivity contribution in [1.82, 2.24) is 30.7 Å². The second kappa shape index (κ2) is 10.4. The van der Waals surface area contributed by atoms with Crippen molar-refractivity contribution in [2.45, 2.75) is 45.7 Å². The minimum Gasteiger partial charge on any atom is -0.383 e. The molecule has 1 aliphatic heterocycles.